The van der Waals surface area contributed by atoms with Crippen molar-refractivity contribution in [2.45, 2.75) is 26.4 Å². The molecule has 25 heavy (non-hydrogen) atoms. The molecule has 0 saturated carbocycles. The summed E-state index contributed by atoms with van der Waals surface area (Å²) in [6, 6.07) is 10.3. The van der Waals surface area contributed by atoms with Gasteiger partial charge in [0.25, 0.3) is 0 Å². The van der Waals surface area contributed by atoms with Gasteiger partial charge in [0.15, 0.2) is 17.5 Å². The van der Waals surface area contributed by atoms with Crippen LogP contribution in [-0.4, -0.2) is 26.2 Å². The van der Waals surface area contributed by atoms with Gasteiger partial charge in [-0.2, -0.15) is 0 Å². The molecule has 5 nitrogen and oxygen atoms in total. The summed E-state index contributed by atoms with van der Waals surface area (Å²) in [7, 11) is 1.78. The summed E-state index contributed by atoms with van der Waals surface area (Å²) in [5, 5.41) is 6.67. The van der Waals surface area contributed by atoms with Gasteiger partial charge in [-0.15, -0.1) is 35.3 Å². The van der Waals surface area contributed by atoms with Crippen molar-refractivity contribution in [1.82, 2.24) is 10.6 Å². The normalized spacial score (nSPS) is 13.6. The SMILES string of the molecule is CN=C(NCc1ccc2c(c1)OCCCO2)NCc1ccc(C)s1.I. The van der Waals surface area contributed by atoms with Gasteiger partial charge in [0.1, 0.15) is 0 Å². The van der Waals surface area contributed by atoms with Crippen LogP contribution in [0, 0.1) is 6.92 Å². The molecular formula is C18H24IN3O2S. The Kier molecular flexibility index (Phi) is 7.83. The third-order valence-corrected chi connectivity index (χ3v) is 4.72. The molecule has 0 saturated heterocycles. The molecule has 0 radical (unpaired) electrons. The highest BCUT2D eigenvalue weighted by Crippen LogP contribution is 2.30. The first-order valence-electron chi connectivity index (χ1n) is 8.13. The zero-order chi connectivity index (χ0) is 16.8. The highest BCUT2D eigenvalue weighted by molar-refractivity contribution is 14.0. The fourth-order valence-electron chi connectivity index (χ4n) is 2.48. The summed E-state index contributed by atoms with van der Waals surface area (Å²) in [6.45, 7) is 4.99. The summed E-state index contributed by atoms with van der Waals surface area (Å²) in [6.07, 6.45) is 0.918. The van der Waals surface area contributed by atoms with E-state index in [-0.39, 0.29) is 24.0 Å². The summed E-state index contributed by atoms with van der Waals surface area (Å²) < 4.78 is 11.4. The van der Waals surface area contributed by atoms with Crippen molar-refractivity contribution in [3.8, 4) is 11.5 Å². The van der Waals surface area contributed by atoms with E-state index in [2.05, 4.69) is 40.7 Å². The number of hydrogen-bond donors (Lipinski definition) is 2. The molecule has 2 aromatic rings. The second-order valence-corrected chi connectivity index (χ2v) is 7.00. The first kappa shape index (κ1) is 19.8. The number of aliphatic imine (C=N–C) groups is 1. The lowest BCUT2D eigenvalue weighted by Crippen LogP contribution is -2.36. The van der Waals surface area contributed by atoms with E-state index in [0.29, 0.717) is 19.8 Å². The number of guanidine groups is 1. The number of rotatable bonds is 4. The van der Waals surface area contributed by atoms with Crippen molar-refractivity contribution in [3.05, 3.63) is 45.6 Å². The third kappa shape index (κ3) is 5.78. The minimum Gasteiger partial charge on any atom is -0.490 e. The molecule has 2 N–H and O–H groups in total. The van der Waals surface area contributed by atoms with Crippen molar-refractivity contribution in [3.63, 3.8) is 0 Å². The van der Waals surface area contributed by atoms with E-state index in [1.807, 2.05) is 12.1 Å². The highest BCUT2D eigenvalue weighted by Gasteiger charge is 2.10. The first-order valence-corrected chi connectivity index (χ1v) is 8.94. The highest BCUT2D eigenvalue weighted by atomic mass is 127. The molecule has 0 aliphatic carbocycles. The van der Waals surface area contributed by atoms with Gasteiger partial charge in [-0.3, -0.25) is 4.99 Å². The maximum atomic E-state index is 5.73. The van der Waals surface area contributed by atoms with Crippen LogP contribution in [0.5, 0.6) is 11.5 Å². The summed E-state index contributed by atoms with van der Waals surface area (Å²) in [5.41, 5.74) is 1.13. The molecular weight excluding hydrogens is 449 g/mol. The average molecular weight is 473 g/mol. The Morgan fingerprint density at radius 3 is 2.56 bits per heavy atom. The Morgan fingerprint density at radius 2 is 1.84 bits per heavy atom. The summed E-state index contributed by atoms with van der Waals surface area (Å²) in [5.74, 6) is 2.43. The predicted octanol–water partition coefficient (Wildman–Crippen LogP) is 3.70. The van der Waals surface area contributed by atoms with Crippen molar-refractivity contribution in [1.29, 1.82) is 0 Å². The van der Waals surface area contributed by atoms with Crippen LogP contribution >= 0.6 is 35.3 Å². The van der Waals surface area contributed by atoms with Crippen molar-refractivity contribution >= 4 is 41.3 Å². The molecule has 0 fully saturated rings. The third-order valence-electron chi connectivity index (χ3n) is 3.72. The fourth-order valence-corrected chi connectivity index (χ4v) is 3.31. The van der Waals surface area contributed by atoms with Crippen molar-refractivity contribution in [2.24, 2.45) is 4.99 Å². The number of fused-ring (bicyclic) bond motifs is 1. The number of nitrogens with zero attached hydrogens (tertiary/aromatic N) is 1. The summed E-state index contributed by atoms with van der Waals surface area (Å²) in [4.78, 5) is 6.89. The maximum Gasteiger partial charge on any atom is 0.191 e. The molecule has 2 heterocycles. The lowest BCUT2D eigenvalue weighted by molar-refractivity contribution is 0.297. The smallest absolute Gasteiger partial charge is 0.191 e. The van der Waals surface area contributed by atoms with E-state index < -0.39 is 0 Å². The molecule has 3 rings (SSSR count). The molecule has 0 unspecified atom stereocenters. The molecule has 1 aromatic heterocycles. The van der Waals surface area contributed by atoms with Crippen molar-refractivity contribution < 1.29 is 9.47 Å². The van der Waals surface area contributed by atoms with Gasteiger partial charge in [-0.05, 0) is 36.8 Å². The van der Waals surface area contributed by atoms with Gasteiger partial charge in [0, 0.05) is 29.8 Å². The second-order valence-electron chi connectivity index (χ2n) is 5.62. The number of benzene rings is 1. The zero-order valence-corrected chi connectivity index (χ0v) is 17.6. The van der Waals surface area contributed by atoms with E-state index >= 15 is 0 Å². The number of nitrogens with one attached hydrogen (secondary N) is 2. The van der Waals surface area contributed by atoms with Crippen LogP contribution in [0.15, 0.2) is 35.3 Å². The molecule has 1 aliphatic heterocycles. The standard InChI is InChI=1S/C18H23N3O2S.HI/c1-13-4-6-15(24-13)12-21-18(19-2)20-11-14-5-7-16-17(10-14)23-9-3-8-22-16;/h4-7,10H,3,8-9,11-12H2,1-2H3,(H2,19,20,21);1H. The zero-order valence-electron chi connectivity index (χ0n) is 14.5. The largest absolute Gasteiger partial charge is 0.490 e. The van der Waals surface area contributed by atoms with Crippen LogP contribution in [0.25, 0.3) is 0 Å². The average Bonchev–Trinajstić information content (AvgIpc) is 2.87. The molecule has 136 valence electrons. The van der Waals surface area contributed by atoms with Gasteiger partial charge in [-0.1, -0.05) is 6.07 Å². The van der Waals surface area contributed by atoms with Gasteiger partial charge < -0.3 is 20.1 Å². The lowest BCUT2D eigenvalue weighted by atomic mass is 10.2. The quantitative estimate of drug-likeness (QED) is 0.404. The van der Waals surface area contributed by atoms with E-state index in [0.717, 1.165) is 36.0 Å². The molecule has 7 heteroatoms. The Morgan fingerprint density at radius 1 is 1.08 bits per heavy atom. The predicted molar refractivity (Wildman–Crippen MR) is 114 cm³/mol. The Hall–Kier alpha value is -1.48. The molecule has 0 spiro atoms. The fraction of sp³-hybridized carbons (Fsp3) is 0.389. The van der Waals surface area contributed by atoms with E-state index in [1.54, 1.807) is 18.4 Å². The number of hydrogen-bond acceptors (Lipinski definition) is 4. The molecule has 1 aliphatic rings. The maximum absolute atomic E-state index is 5.73. The van der Waals surface area contributed by atoms with Crippen LogP contribution in [0.2, 0.25) is 0 Å². The van der Waals surface area contributed by atoms with Gasteiger partial charge in [0.05, 0.1) is 19.8 Å². The topological polar surface area (TPSA) is 54.9 Å². The number of halogens is 1. The molecule has 0 bridgehead atoms. The lowest BCUT2D eigenvalue weighted by Gasteiger charge is -2.13. The minimum absolute atomic E-state index is 0. The van der Waals surface area contributed by atoms with Crippen molar-refractivity contribution in [2.75, 3.05) is 20.3 Å². The Balaban J connectivity index is 0.00000225. The molecule has 0 amide bonds. The number of thiophene rings is 1. The molecule has 1 aromatic carbocycles. The minimum atomic E-state index is 0. The van der Waals surface area contributed by atoms with Gasteiger partial charge >= 0.3 is 0 Å². The van der Waals surface area contributed by atoms with Crippen LogP contribution in [0.1, 0.15) is 21.7 Å². The van der Waals surface area contributed by atoms with Crippen LogP contribution < -0.4 is 20.1 Å². The number of ether oxygens (including phenoxy) is 2. The van der Waals surface area contributed by atoms with E-state index in [1.165, 1.54) is 9.75 Å². The first-order chi connectivity index (χ1) is 11.7. The van der Waals surface area contributed by atoms with Crippen LogP contribution in [-0.2, 0) is 13.1 Å². The number of aryl methyl sites for hydroxylation is 1. The van der Waals surface area contributed by atoms with E-state index in [4.69, 9.17) is 9.47 Å². The van der Waals surface area contributed by atoms with E-state index in [9.17, 15) is 0 Å². The Labute approximate surface area is 169 Å². The second kappa shape index (κ2) is 9.86. The van der Waals surface area contributed by atoms with Crippen LogP contribution in [0.3, 0.4) is 0 Å². The van der Waals surface area contributed by atoms with Crippen LogP contribution in [0.4, 0.5) is 0 Å². The molecule has 0 atom stereocenters. The Bertz CT molecular complexity index is 718. The monoisotopic (exact) mass is 473 g/mol. The van der Waals surface area contributed by atoms with Gasteiger partial charge in [0.2, 0.25) is 0 Å². The summed E-state index contributed by atoms with van der Waals surface area (Å²) >= 11 is 1.80. The van der Waals surface area contributed by atoms with Gasteiger partial charge in [-0.25, -0.2) is 0 Å².